The highest BCUT2D eigenvalue weighted by Gasteiger charge is 2.15. The number of aryl methyl sites for hydroxylation is 2. The SMILES string of the molecule is CC(=O)N(C)CC(C)Oc1cccc2ncnc(Nc3ccc(Oc4ccc(C)nc4)c(C)c3)c12. The van der Waals surface area contributed by atoms with E-state index in [4.69, 9.17) is 9.47 Å². The quantitative estimate of drug-likeness (QED) is 0.367. The first-order valence-corrected chi connectivity index (χ1v) is 11.4. The van der Waals surface area contributed by atoms with Gasteiger partial charge in [0.05, 0.1) is 23.6 Å². The molecular formula is C27H29N5O3. The number of hydrogen-bond acceptors (Lipinski definition) is 7. The molecule has 1 N–H and O–H groups in total. The van der Waals surface area contributed by atoms with Crippen molar-refractivity contribution in [2.24, 2.45) is 0 Å². The van der Waals surface area contributed by atoms with Gasteiger partial charge in [0.2, 0.25) is 5.91 Å². The van der Waals surface area contributed by atoms with Crippen LogP contribution in [0.25, 0.3) is 10.9 Å². The van der Waals surface area contributed by atoms with Gasteiger partial charge in [0.1, 0.15) is 35.5 Å². The van der Waals surface area contributed by atoms with Gasteiger partial charge in [0.25, 0.3) is 0 Å². The first-order valence-electron chi connectivity index (χ1n) is 11.4. The molecule has 1 atom stereocenters. The molecule has 180 valence electrons. The molecule has 0 spiro atoms. The Morgan fingerprint density at radius 1 is 1.06 bits per heavy atom. The lowest BCUT2D eigenvalue weighted by Gasteiger charge is -2.22. The highest BCUT2D eigenvalue weighted by molar-refractivity contribution is 5.95. The first kappa shape index (κ1) is 23.9. The molecule has 0 bridgehead atoms. The molecule has 4 aromatic rings. The van der Waals surface area contributed by atoms with Crippen molar-refractivity contribution in [1.29, 1.82) is 0 Å². The summed E-state index contributed by atoms with van der Waals surface area (Å²) >= 11 is 0. The number of aromatic nitrogens is 3. The lowest BCUT2D eigenvalue weighted by Crippen LogP contribution is -2.34. The van der Waals surface area contributed by atoms with E-state index in [1.54, 1.807) is 18.1 Å². The van der Waals surface area contributed by atoms with Gasteiger partial charge in [0, 0.05) is 25.4 Å². The van der Waals surface area contributed by atoms with Crippen molar-refractivity contribution < 1.29 is 14.3 Å². The van der Waals surface area contributed by atoms with Gasteiger partial charge in [-0.25, -0.2) is 9.97 Å². The molecule has 1 unspecified atom stereocenters. The molecular weight excluding hydrogens is 442 g/mol. The van der Waals surface area contributed by atoms with Crippen molar-refractivity contribution in [3.8, 4) is 17.2 Å². The molecule has 4 rings (SSSR count). The largest absolute Gasteiger partial charge is 0.488 e. The number of carbonyl (C=O) groups excluding carboxylic acids is 1. The first-order chi connectivity index (χ1) is 16.8. The number of amides is 1. The van der Waals surface area contributed by atoms with E-state index in [1.807, 2.05) is 69.3 Å². The van der Waals surface area contributed by atoms with Crippen LogP contribution < -0.4 is 14.8 Å². The maximum atomic E-state index is 11.6. The third-order valence-electron chi connectivity index (χ3n) is 5.57. The Hall–Kier alpha value is -4.20. The number of anilines is 2. The standard InChI is InChI=1S/C27H29N5O3/c1-17-13-21(10-12-24(17)35-22-11-9-18(2)28-14-22)31-27-26-23(29-16-30-27)7-6-8-25(26)34-19(3)15-32(5)20(4)33/h6-14,16,19H,15H2,1-5H3,(H,29,30,31). The van der Waals surface area contributed by atoms with Gasteiger partial charge >= 0.3 is 0 Å². The number of likely N-dealkylation sites (N-methyl/N-ethyl adjacent to an activating group) is 1. The lowest BCUT2D eigenvalue weighted by atomic mass is 10.1. The predicted molar refractivity (Wildman–Crippen MR) is 136 cm³/mol. The third kappa shape index (κ3) is 5.84. The highest BCUT2D eigenvalue weighted by atomic mass is 16.5. The van der Waals surface area contributed by atoms with Gasteiger partial charge in [-0.2, -0.15) is 0 Å². The molecule has 0 aliphatic heterocycles. The maximum absolute atomic E-state index is 11.6. The molecule has 0 saturated carbocycles. The molecule has 1 amide bonds. The Morgan fingerprint density at radius 3 is 2.60 bits per heavy atom. The van der Waals surface area contributed by atoms with Gasteiger partial charge < -0.3 is 19.7 Å². The van der Waals surface area contributed by atoms with Crippen LogP contribution in [0.15, 0.2) is 61.1 Å². The smallest absolute Gasteiger partial charge is 0.219 e. The summed E-state index contributed by atoms with van der Waals surface area (Å²) in [7, 11) is 1.76. The topological polar surface area (TPSA) is 89.5 Å². The van der Waals surface area contributed by atoms with E-state index in [0.717, 1.165) is 33.6 Å². The van der Waals surface area contributed by atoms with Crippen LogP contribution in [0, 0.1) is 13.8 Å². The normalized spacial score (nSPS) is 11.7. The molecule has 0 radical (unpaired) electrons. The van der Waals surface area contributed by atoms with Gasteiger partial charge in [0.15, 0.2) is 0 Å². The number of carbonyl (C=O) groups is 1. The van der Waals surface area contributed by atoms with Crippen molar-refractivity contribution >= 4 is 28.3 Å². The van der Waals surface area contributed by atoms with Gasteiger partial charge in [-0.15, -0.1) is 0 Å². The van der Waals surface area contributed by atoms with E-state index in [9.17, 15) is 4.79 Å². The minimum Gasteiger partial charge on any atom is -0.488 e. The minimum absolute atomic E-state index is 0.00880. The third-order valence-corrected chi connectivity index (χ3v) is 5.57. The Balaban J connectivity index is 1.57. The predicted octanol–water partition coefficient (Wildman–Crippen LogP) is 5.42. The van der Waals surface area contributed by atoms with E-state index >= 15 is 0 Å². The molecule has 0 aliphatic carbocycles. The number of nitrogens with zero attached hydrogens (tertiary/aromatic N) is 4. The maximum Gasteiger partial charge on any atom is 0.219 e. The molecule has 2 aromatic carbocycles. The molecule has 8 heteroatoms. The average Bonchev–Trinajstić information content (AvgIpc) is 2.82. The van der Waals surface area contributed by atoms with Crippen LogP contribution in [0.5, 0.6) is 17.2 Å². The van der Waals surface area contributed by atoms with Crippen molar-refractivity contribution in [3.05, 3.63) is 72.3 Å². The summed E-state index contributed by atoms with van der Waals surface area (Å²) in [5, 5.41) is 4.17. The number of fused-ring (bicyclic) bond motifs is 1. The molecule has 35 heavy (non-hydrogen) atoms. The average molecular weight is 472 g/mol. The summed E-state index contributed by atoms with van der Waals surface area (Å²) in [5.41, 5.74) is 3.52. The second-order valence-corrected chi connectivity index (χ2v) is 8.54. The van der Waals surface area contributed by atoms with E-state index in [2.05, 4.69) is 20.3 Å². The van der Waals surface area contributed by atoms with Crippen LogP contribution in [0.1, 0.15) is 25.1 Å². The second kappa shape index (κ2) is 10.4. The zero-order valence-corrected chi connectivity index (χ0v) is 20.6. The number of ether oxygens (including phenoxy) is 2. The Bertz CT molecular complexity index is 1340. The number of hydrogen-bond donors (Lipinski definition) is 1. The van der Waals surface area contributed by atoms with Crippen LogP contribution in [-0.4, -0.2) is 45.5 Å². The number of rotatable bonds is 8. The Kier molecular flexibility index (Phi) is 7.10. The number of nitrogens with one attached hydrogen (secondary N) is 1. The minimum atomic E-state index is -0.211. The molecule has 0 aliphatic rings. The molecule has 0 fully saturated rings. The van der Waals surface area contributed by atoms with E-state index in [-0.39, 0.29) is 12.0 Å². The second-order valence-electron chi connectivity index (χ2n) is 8.54. The van der Waals surface area contributed by atoms with Gasteiger partial charge in [-0.05, 0) is 68.8 Å². The van der Waals surface area contributed by atoms with Crippen LogP contribution in [0.2, 0.25) is 0 Å². The van der Waals surface area contributed by atoms with Crippen molar-refractivity contribution in [2.45, 2.75) is 33.8 Å². The zero-order chi connectivity index (χ0) is 24.9. The fourth-order valence-corrected chi connectivity index (χ4v) is 3.66. The number of pyridine rings is 1. The fourth-order valence-electron chi connectivity index (χ4n) is 3.66. The van der Waals surface area contributed by atoms with Crippen LogP contribution in [-0.2, 0) is 4.79 Å². The molecule has 2 aromatic heterocycles. The van der Waals surface area contributed by atoms with E-state index in [1.165, 1.54) is 13.3 Å². The molecule has 0 saturated heterocycles. The summed E-state index contributed by atoms with van der Waals surface area (Å²) in [6, 6.07) is 15.4. The van der Waals surface area contributed by atoms with E-state index < -0.39 is 0 Å². The summed E-state index contributed by atoms with van der Waals surface area (Å²) in [6.07, 6.45) is 3.03. The molecule has 2 heterocycles. The Labute approximate surface area is 205 Å². The van der Waals surface area contributed by atoms with Crippen molar-refractivity contribution in [1.82, 2.24) is 19.9 Å². The Morgan fingerprint density at radius 2 is 1.89 bits per heavy atom. The monoisotopic (exact) mass is 471 g/mol. The van der Waals surface area contributed by atoms with Crippen LogP contribution >= 0.6 is 0 Å². The van der Waals surface area contributed by atoms with Crippen molar-refractivity contribution in [2.75, 3.05) is 18.9 Å². The summed E-state index contributed by atoms with van der Waals surface area (Å²) < 4.78 is 12.2. The summed E-state index contributed by atoms with van der Waals surface area (Å²) in [4.78, 5) is 26.4. The number of benzene rings is 2. The fraction of sp³-hybridized carbons (Fsp3) is 0.259. The summed E-state index contributed by atoms with van der Waals surface area (Å²) in [6.45, 7) is 7.87. The van der Waals surface area contributed by atoms with Gasteiger partial charge in [-0.3, -0.25) is 9.78 Å². The zero-order valence-electron chi connectivity index (χ0n) is 20.6. The van der Waals surface area contributed by atoms with Crippen LogP contribution in [0.3, 0.4) is 0 Å². The van der Waals surface area contributed by atoms with Crippen molar-refractivity contribution in [3.63, 3.8) is 0 Å². The van der Waals surface area contributed by atoms with E-state index in [0.29, 0.717) is 23.9 Å². The summed E-state index contributed by atoms with van der Waals surface area (Å²) in [5.74, 6) is 2.71. The lowest BCUT2D eigenvalue weighted by molar-refractivity contribution is -0.128. The van der Waals surface area contributed by atoms with Gasteiger partial charge in [-0.1, -0.05) is 6.07 Å². The highest BCUT2D eigenvalue weighted by Crippen LogP contribution is 2.33. The molecule has 8 nitrogen and oxygen atoms in total. The van der Waals surface area contributed by atoms with Crippen LogP contribution in [0.4, 0.5) is 11.5 Å².